The summed E-state index contributed by atoms with van der Waals surface area (Å²) in [6.45, 7) is 10.5. The van der Waals surface area contributed by atoms with Crippen LogP contribution in [0.15, 0.2) is 12.4 Å². The van der Waals surface area contributed by atoms with Crippen molar-refractivity contribution in [2.24, 2.45) is 5.92 Å². The third kappa shape index (κ3) is 2.40. The lowest BCUT2D eigenvalue weighted by atomic mass is 9.76. The molecule has 1 aliphatic carbocycles. The molecule has 3 rings (SSSR count). The van der Waals surface area contributed by atoms with Crippen LogP contribution in [0.1, 0.15) is 51.7 Å². The fourth-order valence-corrected chi connectivity index (χ4v) is 2.63. The molecule has 0 bridgehead atoms. The van der Waals surface area contributed by atoms with Gasteiger partial charge in [-0.2, -0.15) is 0 Å². The molecule has 1 aromatic rings. The average molecular weight is 273 g/mol. The van der Waals surface area contributed by atoms with Gasteiger partial charge in [0.15, 0.2) is 0 Å². The summed E-state index contributed by atoms with van der Waals surface area (Å²) < 4.78 is 12.3. The van der Waals surface area contributed by atoms with Crippen LogP contribution in [0.5, 0.6) is 0 Å². The fraction of sp³-hybridized carbons (Fsp3) is 0.688. The van der Waals surface area contributed by atoms with Crippen molar-refractivity contribution in [1.29, 1.82) is 0 Å². The zero-order valence-electron chi connectivity index (χ0n) is 13.2. The summed E-state index contributed by atoms with van der Waals surface area (Å²) in [5.41, 5.74) is 3.12. The third-order valence-corrected chi connectivity index (χ3v) is 5.07. The molecule has 1 aromatic heterocycles. The van der Waals surface area contributed by atoms with Crippen LogP contribution in [0.25, 0.3) is 0 Å². The Morgan fingerprint density at radius 3 is 2.30 bits per heavy atom. The predicted molar refractivity (Wildman–Crippen MR) is 81.1 cm³/mol. The standard InChI is InChI=1S/C16H24BNO2/c1-11-13(8-12-6-7-12)9-18-10-14(11)17-19-15(2,3)16(4,5)20-17/h9-10,12H,6-8H2,1-5H3. The SMILES string of the molecule is Cc1c(CC2CC2)cncc1B1OC(C)(C)C(C)(C)O1. The minimum Gasteiger partial charge on any atom is -0.399 e. The highest BCUT2D eigenvalue weighted by Gasteiger charge is 2.52. The molecule has 2 fully saturated rings. The van der Waals surface area contributed by atoms with Crippen molar-refractivity contribution in [3.05, 3.63) is 23.5 Å². The van der Waals surface area contributed by atoms with Gasteiger partial charge in [-0.15, -0.1) is 0 Å². The van der Waals surface area contributed by atoms with Gasteiger partial charge in [-0.05, 0) is 70.9 Å². The van der Waals surface area contributed by atoms with Crippen molar-refractivity contribution in [1.82, 2.24) is 4.98 Å². The highest BCUT2D eigenvalue weighted by molar-refractivity contribution is 6.62. The van der Waals surface area contributed by atoms with E-state index in [2.05, 4.69) is 39.6 Å². The zero-order valence-corrected chi connectivity index (χ0v) is 13.2. The number of aromatic nitrogens is 1. The van der Waals surface area contributed by atoms with Gasteiger partial charge in [-0.1, -0.05) is 0 Å². The van der Waals surface area contributed by atoms with Gasteiger partial charge in [0.1, 0.15) is 0 Å². The van der Waals surface area contributed by atoms with Gasteiger partial charge in [0.05, 0.1) is 11.2 Å². The van der Waals surface area contributed by atoms with Crippen LogP contribution in [0.2, 0.25) is 0 Å². The Morgan fingerprint density at radius 1 is 1.15 bits per heavy atom. The smallest absolute Gasteiger partial charge is 0.399 e. The minimum absolute atomic E-state index is 0.295. The van der Waals surface area contributed by atoms with Crippen LogP contribution >= 0.6 is 0 Å². The van der Waals surface area contributed by atoms with E-state index < -0.39 is 0 Å². The largest absolute Gasteiger partial charge is 0.496 e. The predicted octanol–water partition coefficient (Wildman–Crippen LogP) is 2.64. The Hall–Kier alpha value is -0.865. The van der Waals surface area contributed by atoms with Crippen LogP contribution in [-0.2, 0) is 15.7 Å². The number of hydrogen-bond acceptors (Lipinski definition) is 3. The minimum atomic E-state index is -0.299. The first-order valence-corrected chi connectivity index (χ1v) is 7.59. The van der Waals surface area contributed by atoms with Crippen LogP contribution in [-0.4, -0.2) is 23.3 Å². The molecule has 0 radical (unpaired) electrons. The van der Waals surface area contributed by atoms with Crippen molar-refractivity contribution in [3.8, 4) is 0 Å². The van der Waals surface area contributed by atoms with Crippen molar-refractivity contribution in [2.45, 2.75) is 65.1 Å². The molecule has 3 nitrogen and oxygen atoms in total. The summed E-state index contributed by atoms with van der Waals surface area (Å²) >= 11 is 0. The monoisotopic (exact) mass is 273 g/mol. The first kappa shape index (κ1) is 14.1. The molecule has 2 heterocycles. The Morgan fingerprint density at radius 2 is 1.75 bits per heavy atom. The molecule has 1 saturated carbocycles. The van der Waals surface area contributed by atoms with Crippen LogP contribution in [0.4, 0.5) is 0 Å². The lowest BCUT2D eigenvalue weighted by Crippen LogP contribution is -2.41. The van der Waals surface area contributed by atoms with Gasteiger partial charge in [0.2, 0.25) is 0 Å². The Bertz CT molecular complexity index is 507. The summed E-state index contributed by atoms with van der Waals surface area (Å²) in [6, 6.07) is 0. The number of pyridine rings is 1. The molecule has 0 unspecified atom stereocenters. The first-order chi connectivity index (χ1) is 9.30. The van der Waals surface area contributed by atoms with E-state index in [1.807, 2.05) is 12.4 Å². The van der Waals surface area contributed by atoms with Gasteiger partial charge in [0, 0.05) is 17.9 Å². The van der Waals surface area contributed by atoms with Gasteiger partial charge in [0.25, 0.3) is 0 Å². The molecular weight excluding hydrogens is 249 g/mol. The van der Waals surface area contributed by atoms with E-state index in [0.717, 1.165) is 17.8 Å². The van der Waals surface area contributed by atoms with E-state index in [4.69, 9.17) is 9.31 Å². The van der Waals surface area contributed by atoms with Crippen LogP contribution in [0.3, 0.4) is 0 Å². The summed E-state index contributed by atoms with van der Waals surface area (Å²) in [4.78, 5) is 4.41. The zero-order chi connectivity index (χ0) is 14.5. The van der Waals surface area contributed by atoms with Crippen molar-refractivity contribution >= 4 is 12.6 Å². The van der Waals surface area contributed by atoms with E-state index in [1.165, 1.54) is 24.0 Å². The van der Waals surface area contributed by atoms with Gasteiger partial charge >= 0.3 is 7.12 Å². The summed E-state index contributed by atoms with van der Waals surface area (Å²) in [6.07, 6.45) is 7.77. The second kappa shape index (κ2) is 4.57. The molecule has 0 aromatic carbocycles. The molecule has 20 heavy (non-hydrogen) atoms. The Labute approximate surface area is 122 Å². The highest BCUT2D eigenvalue weighted by atomic mass is 16.7. The maximum Gasteiger partial charge on any atom is 0.496 e. The molecule has 4 heteroatoms. The van der Waals surface area contributed by atoms with Crippen LogP contribution in [0, 0.1) is 12.8 Å². The number of rotatable bonds is 3. The third-order valence-electron chi connectivity index (χ3n) is 5.07. The molecule has 2 aliphatic rings. The Balaban J connectivity index is 1.87. The van der Waals surface area contributed by atoms with Crippen molar-refractivity contribution in [3.63, 3.8) is 0 Å². The molecule has 0 spiro atoms. The summed E-state index contributed by atoms with van der Waals surface area (Å²) in [5.74, 6) is 0.865. The van der Waals surface area contributed by atoms with Gasteiger partial charge in [-0.25, -0.2) is 0 Å². The summed E-state index contributed by atoms with van der Waals surface area (Å²) in [5, 5.41) is 0. The Kier molecular flexibility index (Phi) is 3.22. The number of hydrogen-bond donors (Lipinski definition) is 0. The normalized spacial score (nSPS) is 24.1. The van der Waals surface area contributed by atoms with E-state index in [9.17, 15) is 0 Å². The maximum atomic E-state index is 6.14. The van der Waals surface area contributed by atoms with E-state index in [-0.39, 0.29) is 18.3 Å². The topological polar surface area (TPSA) is 31.4 Å². The lowest BCUT2D eigenvalue weighted by molar-refractivity contribution is 0.00578. The van der Waals surface area contributed by atoms with Crippen molar-refractivity contribution < 1.29 is 9.31 Å². The second-order valence-electron chi connectivity index (χ2n) is 7.25. The quantitative estimate of drug-likeness (QED) is 0.793. The molecule has 0 atom stereocenters. The van der Waals surface area contributed by atoms with Gasteiger partial charge in [-0.3, -0.25) is 4.98 Å². The molecule has 108 valence electrons. The van der Waals surface area contributed by atoms with E-state index in [0.29, 0.717) is 0 Å². The van der Waals surface area contributed by atoms with Crippen LogP contribution < -0.4 is 5.46 Å². The molecule has 1 saturated heterocycles. The van der Waals surface area contributed by atoms with Crippen molar-refractivity contribution in [2.75, 3.05) is 0 Å². The number of nitrogens with zero attached hydrogens (tertiary/aromatic N) is 1. The first-order valence-electron chi connectivity index (χ1n) is 7.59. The molecule has 1 aliphatic heterocycles. The summed E-state index contributed by atoms with van der Waals surface area (Å²) in [7, 11) is -0.299. The lowest BCUT2D eigenvalue weighted by Gasteiger charge is -2.32. The molecule has 0 N–H and O–H groups in total. The second-order valence-corrected chi connectivity index (χ2v) is 7.25. The molecular formula is C16H24BNO2. The maximum absolute atomic E-state index is 6.14. The van der Waals surface area contributed by atoms with E-state index >= 15 is 0 Å². The fourth-order valence-electron chi connectivity index (χ4n) is 2.63. The van der Waals surface area contributed by atoms with E-state index in [1.54, 1.807) is 0 Å². The molecule has 0 amide bonds. The highest BCUT2D eigenvalue weighted by Crippen LogP contribution is 2.37. The average Bonchev–Trinajstić information content (AvgIpc) is 3.10. The van der Waals surface area contributed by atoms with Gasteiger partial charge < -0.3 is 9.31 Å².